The minimum Gasteiger partial charge on any atom is -0.399 e. The second-order valence-electron chi connectivity index (χ2n) is 4.93. The summed E-state index contributed by atoms with van der Waals surface area (Å²) in [5.41, 5.74) is 11.6. The molecule has 2 N–H and O–H groups in total. The van der Waals surface area contributed by atoms with Crippen LogP contribution in [0.2, 0.25) is 0 Å². The van der Waals surface area contributed by atoms with Gasteiger partial charge in [-0.05, 0) is 55.7 Å². The fourth-order valence-corrected chi connectivity index (χ4v) is 2.16. The van der Waals surface area contributed by atoms with E-state index in [1.54, 1.807) is 0 Å². The van der Waals surface area contributed by atoms with E-state index in [9.17, 15) is 0 Å². The van der Waals surface area contributed by atoms with Crippen LogP contribution in [0.5, 0.6) is 0 Å². The highest BCUT2D eigenvalue weighted by Crippen LogP contribution is 2.25. The molecule has 1 aromatic carbocycles. The molecule has 0 saturated heterocycles. The maximum absolute atomic E-state index is 5.87. The molecule has 2 aromatic rings. The van der Waals surface area contributed by atoms with Crippen LogP contribution in [0.1, 0.15) is 36.7 Å². The number of nitrogen functional groups attached to an aromatic ring is 1. The Balaban J connectivity index is 2.59. The van der Waals surface area contributed by atoms with E-state index in [0.29, 0.717) is 5.92 Å². The molecule has 90 valence electrons. The van der Waals surface area contributed by atoms with E-state index in [-0.39, 0.29) is 0 Å². The first-order valence-electron chi connectivity index (χ1n) is 6.05. The third-order valence-corrected chi connectivity index (χ3v) is 3.21. The minimum atomic E-state index is 0.515. The van der Waals surface area contributed by atoms with Crippen molar-refractivity contribution < 1.29 is 0 Å². The van der Waals surface area contributed by atoms with Gasteiger partial charge in [-0.2, -0.15) is 0 Å². The Bertz CT molecular complexity index is 536. The summed E-state index contributed by atoms with van der Waals surface area (Å²) in [7, 11) is 0. The highest BCUT2D eigenvalue weighted by atomic mass is 15.0. The van der Waals surface area contributed by atoms with Crippen molar-refractivity contribution in [2.75, 3.05) is 5.73 Å². The Morgan fingerprint density at radius 3 is 2.35 bits per heavy atom. The third-order valence-electron chi connectivity index (χ3n) is 3.21. The molecular formula is C15H20N2. The van der Waals surface area contributed by atoms with Crippen LogP contribution in [0.25, 0.3) is 5.69 Å². The van der Waals surface area contributed by atoms with Gasteiger partial charge in [-0.25, -0.2) is 0 Å². The lowest BCUT2D eigenvalue weighted by molar-refractivity contribution is 0.777. The number of rotatable bonds is 2. The molecule has 2 nitrogen and oxygen atoms in total. The zero-order valence-electron chi connectivity index (χ0n) is 11.0. The lowest BCUT2D eigenvalue weighted by atomic mass is 10.1. The van der Waals surface area contributed by atoms with E-state index in [0.717, 1.165) is 11.3 Å². The molecule has 0 aliphatic rings. The minimum absolute atomic E-state index is 0.515. The molecule has 0 spiro atoms. The lowest BCUT2D eigenvalue weighted by Crippen LogP contribution is -2.04. The molecule has 0 amide bonds. The summed E-state index contributed by atoms with van der Waals surface area (Å²) in [6, 6.07) is 10.6. The van der Waals surface area contributed by atoms with Crippen molar-refractivity contribution in [3.63, 3.8) is 0 Å². The number of anilines is 1. The van der Waals surface area contributed by atoms with Gasteiger partial charge in [0.2, 0.25) is 0 Å². The highest BCUT2D eigenvalue weighted by Gasteiger charge is 2.10. The molecule has 1 aromatic heterocycles. The lowest BCUT2D eigenvalue weighted by Gasteiger charge is -2.15. The number of aromatic nitrogens is 1. The van der Waals surface area contributed by atoms with E-state index in [2.05, 4.69) is 49.6 Å². The van der Waals surface area contributed by atoms with E-state index in [4.69, 9.17) is 5.73 Å². The molecule has 0 bridgehead atoms. The van der Waals surface area contributed by atoms with Gasteiger partial charge >= 0.3 is 0 Å². The van der Waals surface area contributed by atoms with Crippen molar-refractivity contribution in [2.45, 2.75) is 33.6 Å². The van der Waals surface area contributed by atoms with Gasteiger partial charge in [-0.3, -0.25) is 0 Å². The van der Waals surface area contributed by atoms with Gasteiger partial charge in [0.25, 0.3) is 0 Å². The first kappa shape index (κ1) is 11.8. The third kappa shape index (κ3) is 2.07. The average Bonchev–Trinajstić information content (AvgIpc) is 2.64. The molecule has 2 heteroatoms. The first-order chi connectivity index (χ1) is 8.00. The van der Waals surface area contributed by atoms with Gasteiger partial charge in [0.1, 0.15) is 0 Å². The average molecular weight is 228 g/mol. The molecule has 0 aliphatic carbocycles. The number of nitrogens with zero attached hydrogens (tertiary/aromatic N) is 1. The van der Waals surface area contributed by atoms with Crippen molar-refractivity contribution in [3.8, 4) is 5.69 Å². The normalized spacial score (nSPS) is 11.1. The Morgan fingerprint density at radius 1 is 1.06 bits per heavy atom. The van der Waals surface area contributed by atoms with Crippen LogP contribution >= 0.6 is 0 Å². The molecule has 0 fully saturated rings. The highest BCUT2D eigenvalue weighted by molar-refractivity contribution is 5.53. The SMILES string of the molecule is Cc1cc(-n2c(C)ccc2C(C)C)ccc1N. The zero-order valence-corrected chi connectivity index (χ0v) is 11.0. The predicted molar refractivity (Wildman–Crippen MR) is 73.7 cm³/mol. The van der Waals surface area contributed by atoms with Crippen LogP contribution in [0.3, 0.4) is 0 Å². The van der Waals surface area contributed by atoms with Gasteiger partial charge in [0.15, 0.2) is 0 Å². The molecule has 2 rings (SSSR count). The van der Waals surface area contributed by atoms with Crippen molar-refractivity contribution in [3.05, 3.63) is 47.3 Å². The summed E-state index contributed by atoms with van der Waals surface area (Å²) in [6.45, 7) is 8.62. The largest absolute Gasteiger partial charge is 0.399 e. The van der Waals surface area contributed by atoms with Gasteiger partial charge in [-0.1, -0.05) is 13.8 Å². The summed E-state index contributed by atoms with van der Waals surface area (Å²) >= 11 is 0. The second kappa shape index (κ2) is 4.28. The number of hydrogen-bond donors (Lipinski definition) is 1. The van der Waals surface area contributed by atoms with Crippen molar-refractivity contribution in [1.82, 2.24) is 4.57 Å². The summed E-state index contributed by atoms with van der Waals surface area (Å²) < 4.78 is 2.30. The topological polar surface area (TPSA) is 30.9 Å². The van der Waals surface area contributed by atoms with Crippen LogP contribution in [-0.4, -0.2) is 4.57 Å². The van der Waals surface area contributed by atoms with Crippen LogP contribution in [-0.2, 0) is 0 Å². The molecule has 0 aliphatic heterocycles. The Morgan fingerprint density at radius 2 is 1.76 bits per heavy atom. The fourth-order valence-electron chi connectivity index (χ4n) is 2.16. The summed E-state index contributed by atoms with van der Waals surface area (Å²) in [4.78, 5) is 0. The maximum atomic E-state index is 5.87. The van der Waals surface area contributed by atoms with Gasteiger partial charge in [-0.15, -0.1) is 0 Å². The van der Waals surface area contributed by atoms with E-state index in [1.807, 2.05) is 13.0 Å². The maximum Gasteiger partial charge on any atom is 0.0459 e. The van der Waals surface area contributed by atoms with Crippen LogP contribution < -0.4 is 5.73 Å². The second-order valence-corrected chi connectivity index (χ2v) is 4.93. The quantitative estimate of drug-likeness (QED) is 0.779. The summed E-state index contributed by atoms with van der Waals surface area (Å²) in [5.74, 6) is 0.515. The molecule has 0 saturated carbocycles. The molecular weight excluding hydrogens is 208 g/mol. The Hall–Kier alpha value is -1.70. The molecule has 0 atom stereocenters. The summed E-state index contributed by atoms with van der Waals surface area (Å²) in [6.07, 6.45) is 0. The van der Waals surface area contributed by atoms with Crippen molar-refractivity contribution >= 4 is 5.69 Å². The van der Waals surface area contributed by atoms with E-state index in [1.165, 1.54) is 17.1 Å². The van der Waals surface area contributed by atoms with Crippen LogP contribution in [0.15, 0.2) is 30.3 Å². The number of aryl methyl sites for hydroxylation is 2. The van der Waals surface area contributed by atoms with Crippen LogP contribution in [0, 0.1) is 13.8 Å². The van der Waals surface area contributed by atoms with Gasteiger partial charge in [0.05, 0.1) is 0 Å². The van der Waals surface area contributed by atoms with Crippen molar-refractivity contribution in [1.29, 1.82) is 0 Å². The standard InChI is InChI=1S/C15H20N2/c1-10(2)15-8-5-12(4)17(15)13-6-7-14(16)11(3)9-13/h5-10H,16H2,1-4H3. The molecule has 1 heterocycles. The fraction of sp³-hybridized carbons (Fsp3) is 0.333. The smallest absolute Gasteiger partial charge is 0.0459 e. The Labute approximate surface area is 103 Å². The number of benzene rings is 1. The van der Waals surface area contributed by atoms with Gasteiger partial charge in [0, 0.05) is 22.8 Å². The molecule has 17 heavy (non-hydrogen) atoms. The monoisotopic (exact) mass is 228 g/mol. The zero-order chi connectivity index (χ0) is 12.6. The van der Waals surface area contributed by atoms with Crippen LogP contribution in [0.4, 0.5) is 5.69 Å². The molecule has 0 unspecified atom stereocenters. The number of hydrogen-bond acceptors (Lipinski definition) is 1. The first-order valence-corrected chi connectivity index (χ1v) is 6.05. The van der Waals surface area contributed by atoms with E-state index < -0.39 is 0 Å². The van der Waals surface area contributed by atoms with E-state index >= 15 is 0 Å². The van der Waals surface area contributed by atoms with Crippen molar-refractivity contribution in [2.24, 2.45) is 0 Å². The summed E-state index contributed by atoms with van der Waals surface area (Å²) in [5, 5.41) is 0. The predicted octanol–water partition coefficient (Wildman–Crippen LogP) is 3.80. The van der Waals surface area contributed by atoms with Gasteiger partial charge < -0.3 is 10.3 Å². The Kier molecular flexibility index (Phi) is 2.97. The molecule has 0 radical (unpaired) electrons. The number of nitrogens with two attached hydrogens (primary N) is 1.